The van der Waals surface area contributed by atoms with Crippen LogP contribution < -0.4 is 9.47 Å². The second kappa shape index (κ2) is 9.23. The second-order valence-electron chi connectivity index (χ2n) is 5.18. The zero-order chi connectivity index (χ0) is 18.9. The van der Waals surface area contributed by atoms with E-state index < -0.39 is 5.97 Å². The van der Waals surface area contributed by atoms with Gasteiger partial charge < -0.3 is 14.2 Å². The molecule has 0 aliphatic rings. The summed E-state index contributed by atoms with van der Waals surface area (Å²) in [6, 6.07) is 13.1. The summed E-state index contributed by atoms with van der Waals surface area (Å²) >= 11 is 0. The molecule has 0 N–H and O–H groups in total. The van der Waals surface area contributed by atoms with Gasteiger partial charge in [0.15, 0.2) is 11.5 Å². The van der Waals surface area contributed by atoms with Crippen LogP contribution in [0.3, 0.4) is 0 Å². The van der Waals surface area contributed by atoms with Gasteiger partial charge in [0.2, 0.25) is 0 Å². The maximum absolute atomic E-state index is 13.7. The van der Waals surface area contributed by atoms with Crippen molar-refractivity contribution >= 4 is 12.0 Å². The van der Waals surface area contributed by atoms with E-state index in [1.165, 1.54) is 19.3 Å². The topological polar surface area (TPSA) is 68.6 Å². The first kappa shape index (κ1) is 19.0. The number of esters is 1. The molecule has 2 rings (SSSR count). The minimum Gasteiger partial charge on any atom is -0.493 e. The fraction of sp³-hybridized carbons (Fsp3) is 0.200. The van der Waals surface area contributed by atoms with Crippen LogP contribution in [0, 0.1) is 17.1 Å². The standard InChI is InChI=1S/C20H18FNO4/c1-3-25-20(23)16(12-22)10-14-8-9-18(19(11-14)24-2)26-13-15-6-4-5-7-17(15)21/h4-11H,3,13H2,1-2H3/b16-10+. The predicted octanol–water partition coefficient (Wildman–Crippen LogP) is 3.88. The molecule has 0 aliphatic carbocycles. The Morgan fingerprint density at radius 2 is 2.00 bits per heavy atom. The number of carbonyl (C=O) groups is 1. The molecule has 0 unspecified atom stereocenters. The Labute approximate surface area is 151 Å². The van der Waals surface area contributed by atoms with Crippen LogP contribution in [0.15, 0.2) is 48.0 Å². The van der Waals surface area contributed by atoms with Gasteiger partial charge in [-0.2, -0.15) is 5.26 Å². The SMILES string of the molecule is CCOC(=O)/C(C#N)=C/c1ccc(OCc2ccccc2F)c(OC)c1. The van der Waals surface area contributed by atoms with Crippen LogP contribution in [0.1, 0.15) is 18.1 Å². The number of benzene rings is 2. The second-order valence-corrected chi connectivity index (χ2v) is 5.18. The highest BCUT2D eigenvalue weighted by atomic mass is 19.1. The molecule has 26 heavy (non-hydrogen) atoms. The van der Waals surface area contributed by atoms with E-state index in [1.54, 1.807) is 43.3 Å². The van der Waals surface area contributed by atoms with Crippen molar-refractivity contribution in [2.24, 2.45) is 0 Å². The molecule has 0 aliphatic heterocycles. The Hall–Kier alpha value is -3.33. The van der Waals surface area contributed by atoms with E-state index in [9.17, 15) is 9.18 Å². The van der Waals surface area contributed by atoms with E-state index in [1.807, 2.05) is 6.07 Å². The normalized spacial score (nSPS) is 10.8. The van der Waals surface area contributed by atoms with E-state index in [0.717, 1.165) is 0 Å². The molecule has 0 saturated carbocycles. The van der Waals surface area contributed by atoms with Crippen molar-refractivity contribution in [2.75, 3.05) is 13.7 Å². The molecular formula is C20H18FNO4. The number of hydrogen-bond acceptors (Lipinski definition) is 5. The van der Waals surface area contributed by atoms with Crippen LogP contribution in [0.5, 0.6) is 11.5 Å². The molecule has 2 aromatic rings. The third-order valence-corrected chi connectivity index (χ3v) is 3.46. The lowest BCUT2D eigenvalue weighted by Crippen LogP contribution is -2.06. The molecular weight excluding hydrogens is 337 g/mol. The summed E-state index contributed by atoms with van der Waals surface area (Å²) in [4.78, 5) is 11.7. The summed E-state index contributed by atoms with van der Waals surface area (Å²) in [5.74, 6) is -0.216. The Morgan fingerprint density at radius 3 is 2.65 bits per heavy atom. The number of rotatable bonds is 7. The predicted molar refractivity (Wildman–Crippen MR) is 93.9 cm³/mol. The highest BCUT2D eigenvalue weighted by Gasteiger charge is 2.12. The first-order valence-corrected chi connectivity index (χ1v) is 7.92. The van der Waals surface area contributed by atoms with Crippen molar-refractivity contribution in [1.29, 1.82) is 5.26 Å². The molecule has 0 aromatic heterocycles. The third kappa shape index (κ3) is 4.84. The van der Waals surface area contributed by atoms with Crippen molar-refractivity contribution in [3.05, 3.63) is 65.0 Å². The minimum atomic E-state index is -0.686. The van der Waals surface area contributed by atoms with E-state index in [0.29, 0.717) is 22.6 Å². The number of carbonyl (C=O) groups excluding carboxylic acids is 1. The molecule has 6 heteroatoms. The Balaban J connectivity index is 2.20. The molecule has 0 radical (unpaired) electrons. The van der Waals surface area contributed by atoms with Crippen molar-refractivity contribution in [3.8, 4) is 17.6 Å². The summed E-state index contributed by atoms with van der Waals surface area (Å²) in [5.41, 5.74) is 0.881. The number of halogens is 1. The minimum absolute atomic E-state index is 0.0461. The quantitative estimate of drug-likeness (QED) is 0.428. The van der Waals surface area contributed by atoms with Gasteiger partial charge in [-0.05, 0) is 36.8 Å². The van der Waals surface area contributed by atoms with Gasteiger partial charge in [-0.1, -0.05) is 24.3 Å². The maximum Gasteiger partial charge on any atom is 0.348 e. The molecule has 0 amide bonds. The van der Waals surface area contributed by atoms with E-state index in [4.69, 9.17) is 19.5 Å². The molecule has 0 atom stereocenters. The summed E-state index contributed by atoms with van der Waals surface area (Å²) in [6.07, 6.45) is 1.40. The Kier molecular flexibility index (Phi) is 6.75. The monoisotopic (exact) mass is 355 g/mol. The van der Waals surface area contributed by atoms with E-state index in [2.05, 4.69) is 0 Å². The lowest BCUT2D eigenvalue weighted by atomic mass is 10.1. The highest BCUT2D eigenvalue weighted by molar-refractivity contribution is 5.97. The summed E-state index contributed by atoms with van der Waals surface area (Å²) in [5, 5.41) is 9.09. The van der Waals surface area contributed by atoms with Gasteiger partial charge in [0.05, 0.1) is 13.7 Å². The summed E-state index contributed by atoms with van der Waals surface area (Å²) in [6.45, 7) is 1.89. The van der Waals surface area contributed by atoms with Gasteiger partial charge >= 0.3 is 5.97 Å². The Morgan fingerprint density at radius 1 is 1.23 bits per heavy atom. The van der Waals surface area contributed by atoms with Crippen LogP contribution >= 0.6 is 0 Å². The zero-order valence-electron chi connectivity index (χ0n) is 14.5. The average molecular weight is 355 g/mol. The van der Waals surface area contributed by atoms with E-state index >= 15 is 0 Å². The fourth-order valence-corrected chi connectivity index (χ4v) is 2.18. The van der Waals surface area contributed by atoms with Crippen LogP contribution in [0.4, 0.5) is 4.39 Å². The first-order valence-electron chi connectivity index (χ1n) is 7.92. The van der Waals surface area contributed by atoms with Crippen molar-refractivity contribution in [2.45, 2.75) is 13.5 Å². The molecule has 0 fully saturated rings. The molecule has 5 nitrogen and oxygen atoms in total. The number of nitriles is 1. The molecule has 0 heterocycles. The lowest BCUT2D eigenvalue weighted by Gasteiger charge is -2.12. The number of hydrogen-bond donors (Lipinski definition) is 0. The molecule has 0 saturated heterocycles. The van der Waals surface area contributed by atoms with Crippen LogP contribution in [-0.2, 0) is 16.1 Å². The van der Waals surface area contributed by atoms with Crippen molar-refractivity contribution < 1.29 is 23.4 Å². The maximum atomic E-state index is 13.7. The molecule has 0 bridgehead atoms. The number of ether oxygens (including phenoxy) is 3. The van der Waals surface area contributed by atoms with Gasteiger partial charge in [0.1, 0.15) is 24.1 Å². The molecule has 0 spiro atoms. The fourth-order valence-electron chi connectivity index (χ4n) is 2.18. The van der Waals surface area contributed by atoms with Crippen LogP contribution in [-0.4, -0.2) is 19.7 Å². The van der Waals surface area contributed by atoms with E-state index in [-0.39, 0.29) is 24.6 Å². The van der Waals surface area contributed by atoms with Crippen molar-refractivity contribution in [3.63, 3.8) is 0 Å². The first-order chi connectivity index (χ1) is 12.6. The average Bonchev–Trinajstić information content (AvgIpc) is 2.66. The van der Waals surface area contributed by atoms with Gasteiger partial charge in [-0.25, -0.2) is 9.18 Å². The van der Waals surface area contributed by atoms with Gasteiger partial charge in [0.25, 0.3) is 0 Å². The third-order valence-electron chi connectivity index (χ3n) is 3.46. The highest BCUT2D eigenvalue weighted by Crippen LogP contribution is 2.30. The smallest absolute Gasteiger partial charge is 0.348 e. The number of methoxy groups -OCH3 is 1. The lowest BCUT2D eigenvalue weighted by molar-refractivity contribution is -0.137. The zero-order valence-corrected chi connectivity index (χ0v) is 14.5. The molecule has 2 aromatic carbocycles. The number of nitrogens with zero attached hydrogens (tertiary/aromatic N) is 1. The molecule has 134 valence electrons. The van der Waals surface area contributed by atoms with Gasteiger partial charge in [-0.3, -0.25) is 0 Å². The van der Waals surface area contributed by atoms with Crippen LogP contribution in [0.2, 0.25) is 0 Å². The van der Waals surface area contributed by atoms with Gasteiger partial charge in [0, 0.05) is 5.56 Å². The summed E-state index contributed by atoms with van der Waals surface area (Å²) in [7, 11) is 1.47. The largest absolute Gasteiger partial charge is 0.493 e. The van der Waals surface area contributed by atoms with Gasteiger partial charge in [-0.15, -0.1) is 0 Å². The summed E-state index contributed by atoms with van der Waals surface area (Å²) < 4.78 is 29.4. The van der Waals surface area contributed by atoms with Crippen LogP contribution in [0.25, 0.3) is 6.08 Å². The Bertz CT molecular complexity index is 855. The van der Waals surface area contributed by atoms with Crippen molar-refractivity contribution in [1.82, 2.24) is 0 Å².